The van der Waals surface area contributed by atoms with Crippen molar-refractivity contribution in [2.24, 2.45) is 23.2 Å². The minimum Gasteiger partial charge on any atom is -0.461 e. The molecule has 0 amide bonds. The van der Waals surface area contributed by atoms with Crippen LogP contribution < -0.4 is 9.80 Å². The normalized spacial score (nSPS) is 42.4. The molecular weight excluding hydrogens is 388 g/mol. The fourth-order valence-electron chi connectivity index (χ4n) is 6.83. The maximum absolute atomic E-state index is 12.9. The van der Waals surface area contributed by atoms with Gasteiger partial charge in [0.25, 0.3) is 0 Å². The first-order chi connectivity index (χ1) is 15.0. The molecular formula is C26H38N2O3+2. The van der Waals surface area contributed by atoms with Gasteiger partial charge in [-0.25, -0.2) is 0 Å². The number of ether oxygens (including phenoxy) is 1. The van der Waals surface area contributed by atoms with Gasteiger partial charge in [0, 0.05) is 23.3 Å². The number of hydrogen-bond donors (Lipinski definition) is 3. The average Bonchev–Trinajstić information content (AvgIpc) is 3.07. The number of benzene rings is 1. The minimum atomic E-state index is -0.492. The second-order valence-corrected chi connectivity index (χ2v) is 10.7. The molecule has 6 atom stereocenters. The van der Waals surface area contributed by atoms with Crippen LogP contribution in [0.15, 0.2) is 42.0 Å². The second kappa shape index (κ2) is 8.34. The Morgan fingerprint density at radius 2 is 1.84 bits per heavy atom. The zero-order valence-electron chi connectivity index (χ0n) is 19.0. The summed E-state index contributed by atoms with van der Waals surface area (Å²) in [5.41, 5.74) is 2.51. The lowest BCUT2D eigenvalue weighted by atomic mass is 9.55. The summed E-state index contributed by atoms with van der Waals surface area (Å²) < 4.78 is 5.86. The molecule has 4 aliphatic rings. The summed E-state index contributed by atoms with van der Waals surface area (Å²) in [7, 11) is 0. The van der Waals surface area contributed by atoms with Crippen LogP contribution in [0.4, 0.5) is 0 Å². The molecule has 0 radical (unpaired) electrons. The van der Waals surface area contributed by atoms with Gasteiger partial charge in [0.2, 0.25) is 0 Å². The third-order valence-corrected chi connectivity index (χ3v) is 9.04. The van der Waals surface area contributed by atoms with Gasteiger partial charge in [-0.05, 0) is 18.8 Å². The number of hydrogen-bond acceptors (Lipinski definition) is 3. The van der Waals surface area contributed by atoms with E-state index < -0.39 is 6.10 Å². The molecule has 0 unspecified atom stereocenters. The Hall–Kier alpha value is -1.69. The molecule has 31 heavy (non-hydrogen) atoms. The lowest BCUT2D eigenvalue weighted by Crippen LogP contribution is -3.27. The fraction of sp³-hybridized carbons (Fsp3) is 0.654. The van der Waals surface area contributed by atoms with Gasteiger partial charge in [-0.3, -0.25) is 4.79 Å². The minimum absolute atomic E-state index is 0.0580. The highest BCUT2D eigenvalue weighted by Gasteiger charge is 2.60. The monoisotopic (exact) mass is 426 g/mol. The van der Waals surface area contributed by atoms with E-state index in [9.17, 15) is 9.90 Å². The first-order valence-corrected chi connectivity index (χ1v) is 12.3. The number of rotatable bonds is 4. The molecule has 1 aromatic carbocycles. The van der Waals surface area contributed by atoms with Gasteiger partial charge in [0.15, 0.2) is 0 Å². The molecule has 3 fully saturated rings. The topological polar surface area (TPSA) is 55.4 Å². The van der Waals surface area contributed by atoms with E-state index in [0.29, 0.717) is 5.92 Å². The van der Waals surface area contributed by atoms with Crippen LogP contribution in [0.5, 0.6) is 0 Å². The molecule has 0 aromatic heterocycles. The molecule has 1 saturated carbocycles. The van der Waals surface area contributed by atoms with Crippen LogP contribution in [-0.2, 0) is 16.1 Å². The molecule has 5 nitrogen and oxygen atoms in total. The van der Waals surface area contributed by atoms with Crippen LogP contribution in [0, 0.1) is 23.2 Å². The van der Waals surface area contributed by atoms with Gasteiger partial charge in [0.1, 0.15) is 44.7 Å². The van der Waals surface area contributed by atoms with Crippen LogP contribution in [-0.4, -0.2) is 56.0 Å². The van der Waals surface area contributed by atoms with E-state index in [4.69, 9.17) is 4.74 Å². The Kier molecular flexibility index (Phi) is 5.70. The molecule has 168 valence electrons. The zero-order chi connectivity index (χ0) is 21.6. The molecule has 2 heterocycles. The van der Waals surface area contributed by atoms with Crippen molar-refractivity contribution in [3.8, 4) is 0 Å². The van der Waals surface area contributed by atoms with Crippen molar-refractivity contribution in [3.63, 3.8) is 0 Å². The van der Waals surface area contributed by atoms with Crippen molar-refractivity contribution in [3.05, 3.63) is 47.5 Å². The number of allylic oxidation sites excluding steroid dienone is 1. The highest BCUT2D eigenvalue weighted by Crippen LogP contribution is 2.55. The van der Waals surface area contributed by atoms with E-state index in [2.05, 4.69) is 50.3 Å². The Balaban J connectivity index is 1.24. The lowest BCUT2D eigenvalue weighted by molar-refractivity contribution is -1.02. The largest absolute Gasteiger partial charge is 0.461 e. The predicted molar refractivity (Wildman–Crippen MR) is 118 cm³/mol. The molecule has 2 aliphatic carbocycles. The summed E-state index contributed by atoms with van der Waals surface area (Å²) in [6, 6.07) is 10.7. The van der Waals surface area contributed by atoms with E-state index in [1.807, 2.05) is 0 Å². The average molecular weight is 427 g/mol. The number of aliphatic hydroxyl groups excluding tert-OH is 1. The fourth-order valence-corrected chi connectivity index (χ4v) is 6.83. The number of nitrogens with one attached hydrogen (secondary N) is 2. The van der Waals surface area contributed by atoms with Gasteiger partial charge in [0.05, 0.1) is 12.6 Å². The van der Waals surface area contributed by atoms with Crippen molar-refractivity contribution in [1.82, 2.24) is 0 Å². The standard InChI is InChI=1S/C26H36N2O3/c1-18-7-6-10-20-15-22-23(24(29)26(18,20)2)21(25(30)31-22)17-28-13-11-27(12-14-28)16-19-8-4-3-5-9-19/h3-5,8-10,18,21-24,29H,6-7,11-17H2,1-2H3/p+2/t18-,21+,22+,23+,24-,26+/m0/s1. The van der Waals surface area contributed by atoms with Crippen LogP contribution >= 0.6 is 0 Å². The summed E-state index contributed by atoms with van der Waals surface area (Å²) in [6.45, 7) is 10.8. The molecule has 1 aromatic rings. The molecule has 3 N–H and O–H groups in total. The third-order valence-electron chi connectivity index (χ3n) is 9.04. The van der Waals surface area contributed by atoms with E-state index >= 15 is 0 Å². The van der Waals surface area contributed by atoms with Crippen LogP contribution in [0.25, 0.3) is 0 Å². The number of quaternary nitrogens is 2. The summed E-state index contributed by atoms with van der Waals surface area (Å²) in [4.78, 5) is 16.0. The van der Waals surface area contributed by atoms with Gasteiger partial charge in [-0.15, -0.1) is 0 Å². The summed E-state index contributed by atoms with van der Waals surface area (Å²) in [6.07, 6.45) is 4.68. The third kappa shape index (κ3) is 3.75. The van der Waals surface area contributed by atoms with Gasteiger partial charge >= 0.3 is 5.97 Å². The predicted octanol–water partition coefficient (Wildman–Crippen LogP) is 0.255. The number of aliphatic hydroxyl groups is 1. The number of fused-ring (bicyclic) bond motifs is 2. The zero-order valence-corrected chi connectivity index (χ0v) is 19.0. The lowest BCUT2D eigenvalue weighted by Gasteiger charge is -2.51. The molecule has 2 aliphatic heterocycles. The van der Waals surface area contributed by atoms with Crippen molar-refractivity contribution < 1.29 is 24.4 Å². The molecule has 0 bridgehead atoms. The summed E-state index contributed by atoms with van der Waals surface area (Å²) in [5, 5.41) is 11.5. The van der Waals surface area contributed by atoms with Crippen LogP contribution in [0.1, 0.15) is 38.7 Å². The Morgan fingerprint density at radius 3 is 2.58 bits per heavy atom. The van der Waals surface area contributed by atoms with Crippen molar-refractivity contribution in [2.75, 3.05) is 32.7 Å². The number of piperazine rings is 1. The Bertz CT molecular complexity index is 832. The SMILES string of the molecule is C[C@H]1CCC=C2C[C@H]3OC(=O)[C@H](C[NH+]4CC[NH+](Cc5ccccc5)CC4)[C@H]3[C@H](O)[C@@]21C. The van der Waals surface area contributed by atoms with Crippen molar-refractivity contribution >= 4 is 5.97 Å². The van der Waals surface area contributed by atoms with Gasteiger partial charge in [-0.2, -0.15) is 0 Å². The number of carbonyl (C=O) groups excluding carboxylic acids is 1. The first-order valence-electron chi connectivity index (χ1n) is 12.3. The highest BCUT2D eigenvalue weighted by molar-refractivity contribution is 5.76. The highest BCUT2D eigenvalue weighted by atomic mass is 16.6. The molecule has 0 spiro atoms. The molecule has 2 saturated heterocycles. The van der Waals surface area contributed by atoms with Crippen LogP contribution in [0.3, 0.4) is 0 Å². The van der Waals surface area contributed by atoms with E-state index in [-0.39, 0.29) is 29.3 Å². The van der Waals surface area contributed by atoms with Crippen LogP contribution in [0.2, 0.25) is 0 Å². The smallest absolute Gasteiger partial charge is 0.315 e. The molecule has 5 rings (SSSR count). The second-order valence-electron chi connectivity index (χ2n) is 10.7. The maximum Gasteiger partial charge on any atom is 0.315 e. The van der Waals surface area contributed by atoms with Crippen molar-refractivity contribution in [2.45, 2.75) is 51.9 Å². The van der Waals surface area contributed by atoms with Gasteiger partial charge in [-0.1, -0.05) is 55.8 Å². The van der Waals surface area contributed by atoms with E-state index in [1.165, 1.54) is 16.0 Å². The number of carbonyl (C=O) groups is 1. The first kappa shape index (κ1) is 21.2. The summed E-state index contributed by atoms with van der Waals surface area (Å²) >= 11 is 0. The Labute approximate surface area is 186 Å². The molecule has 5 heteroatoms. The number of esters is 1. The Morgan fingerprint density at radius 1 is 1.13 bits per heavy atom. The van der Waals surface area contributed by atoms with E-state index in [1.54, 1.807) is 4.90 Å². The summed E-state index contributed by atoms with van der Waals surface area (Å²) in [5.74, 6) is 0.143. The maximum atomic E-state index is 12.9. The quantitative estimate of drug-likeness (QED) is 0.478. The van der Waals surface area contributed by atoms with E-state index in [0.717, 1.165) is 58.5 Å². The van der Waals surface area contributed by atoms with Crippen molar-refractivity contribution in [1.29, 1.82) is 0 Å². The van der Waals surface area contributed by atoms with Gasteiger partial charge < -0.3 is 19.6 Å².